The minimum Gasteiger partial charge on any atom is -0.481 e. The third-order valence-electron chi connectivity index (χ3n) is 4.49. The van der Waals surface area contributed by atoms with Gasteiger partial charge in [0.1, 0.15) is 0 Å². The Morgan fingerprint density at radius 2 is 1.96 bits per heavy atom. The number of hydrogen-bond acceptors (Lipinski definition) is 4. The van der Waals surface area contributed by atoms with Crippen LogP contribution in [0.5, 0.6) is 0 Å². The number of nitrogens with zero attached hydrogens (tertiary/aromatic N) is 1. The number of aliphatic hydroxyl groups excluding tert-OH is 1. The van der Waals surface area contributed by atoms with Crippen LogP contribution in [0.1, 0.15) is 77.6 Å². The first kappa shape index (κ1) is 21.3. The Kier molecular flexibility index (Phi) is 11.2. The van der Waals surface area contributed by atoms with Gasteiger partial charge < -0.3 is 15.1 Å². The maximum absolute atomic E-state index is 12.0. The molecule has 0 aromatic rings. The number of unbranched alkanes of at least 4 members (excludes halogenated alkanes) is 5. The Morgan fingerprint density at radius 3 is 2.67 bits per heavy atom. The first-order valence-corrected chi connectivity index (χ1v) is 10.4. The molecule has 0 bridgehead atoms. The van der Waals surface area contributed by atoms with Crippen molar-refractivity contribution in [2.45, 2.75) is 89.0 Å². The van der Waals surface area contributed by atoms with Crippen LogP contribution in [0.15, 0.2) is 0 Å². The molecule has 1 fully saturated rings. The molecule has 1 heterocycles. The van der Waals surface area contributed by atoms with Gasteiger partial charge in [0.05, 0.1) is 17.2 Å². The quantitative estimate of drug-likeness (QED) is 0.463. The molecule has 1 saturated heterocycles. The zero-order chi connectivity index (χ0) is 17.8. The summed E-state index contributed by atoms with van der Waals surface area (Å²) < 4.78 is 0. The van der Waals surface area contributed by atoms with Gasteiger partial charge >= 0.3 is 5.97 Å². The first-order chi connectivity index (χ1) is 11.5. The van der Waals surface area contributed by atoms with Crippen LogP contribution in [0.3, 0.4) is 0 Å². The number of aliphatic hydroxyl groups is 1. The van der Waals surface area contributed by atoms with Crippen LogP contribution in [-0.2, 0) is 9.59 Å². The molecule has 1 amide bonds. The highest BCUT2D eigenvalue weighted by Crippen LogP contribution is 2.29. The number of carboxylic acids is 1. The smallest absolute Gasteiger partial charge is 0.303 e. The summed E-state index contributed by atoms with van der Waals surface area (Å²) >= 11 is 1.69. The molecule has 1 rings (SSSR count). The van der Waals surface area contributed by atoms with Crippen LogP contribution < -0.4 is 0 Å². The molecule has 0 spiro atoms. The van der Waals surface area contributed by atoms with E-state index in [1.807, 2.05) is 4.90 Å². The van der Waals surface area contributed by atoms with Crippen molar-refractivity contribution in [2.24, 2.45) is 0 Å². The third-order valence-corrected chi connectivity index (χ3v) is 5.78. The third kappa shape index (κ3) is 8.92. The van der Waals surface area contributed by atoms with Crippen LogP contribution in [0.2, 0.25) is 0 Å². The summed E-state index contributed by atoms with van der Waals surface area (Å²) in [5.74, 6) is 0.0185. The van der Waals surface area contributed by atoms with Gasteiger partial charge in [0.2, 0.25) is 5.91 Å². The average Bonchev–Trinajstić information content (AvgIpc) is 2.89. The van der Waals surface area contributed by atoms with Crippen molar-refractivity contribution in [2.75, 3.05) is 12.3 Å². The zero-order valence-corrected chi connectivity index (χ0v) is 15.7. The second-order valence-electron chi connectivity index (χ2n) is 6.64. The molecule has 2 N–H and O–H groups in total. The maximum Gasteiger partial charge on any atom is 0.303 e. The first-order valence-electron chi connectivity index (χ1n) is 9.35. The van der Waals surface area contributed by atoms with E-state index in [-0.39, 0.29) is 23.8 Å². The number of thioether (sulfide) groups is 1. The molecule has 140 valence electrons. The second-order valence-corrected chi connectivity index (χ2v) is 7.80. The molecule has 0 saturated carbocycles. The number of carbonyl (C=O) groups excluding carboxylic acids is 1. The van der Waals surface area contributed by atoms with Gasteiger partial charge in [-0.1, -0.05) is 39.0 Å². The molecular weight excluding hydrogens is 326 g/mol. The van der Waals surface area contributed by atoms with E-state index in [1.165, 1.54) is 12.8 Å². The van der Waals surface area contributed by atoms with E-state index in [9.17, 15) is 14.7 Å². The van der Waals surface area contributed by atoms with E-state index in [0.29, 0.717) is 12.2 Å². The van der Waals surface area contributed by atoms with Crippen molar-refractivity contribution in [3.8, 4) is 0 Å². The number of carbonyl (C=O) groups is 2. The largest absolute Gasteiger partial charge is 0.481 e. The van der Waals surface area contributed by atoms with Gasteiger partial charge in [-0.2, -0.15) is 0 Å². The van der Waals surface area contributed by atoms with Crippen molar-refractivity contribution >= 4 is 23.6 Å². The minimum absolute atomic E-state index is 0.205. The summed E-state index contributed by atoms with van der Waals surface area (Å²) in [6.07, 6.45) is 9.41. The lowest BCUT2D eigenvalue weighted by Gasteiger charge is -2.24. The van der Waals surface area contributed by atoms with Crippen LogP contribution in [0, 0.1) is 0 Å². The molecule has 0 aromatic carbocycles. The molecule has 6 heteroatoms. The van der Waals surface area contributed by atoms with Crippen molar-refractivity contribution in [1.29, 1.82) is 0 Å². The van der Waals surface area contributed by atoms with Crippen LogP contribution in [-0.4, -0.2) is 50.8 Å². The summed E-state index contributed by atoms with van der Waals surface area (Å²) in [5.41, 5.74) is 0. The standard InChI is InChI=1S/C18H33NO4S/c1-2-3-6-9-15(20)11-12-17-19(16(21)14-24-17)13-8-5-4-7-10-18(22)23/h15,17,20H,2-14H2,1H3,(H,22,23)/t15-,17?/m1/s1. The van der Waals surface area contributed by atoms with E-state index >= 15 is 0 Å². The number of rotatable bonds is 14. The molecule has 5 nitrogen and oxygen atoms in total. The minimum atomic E-state index is -0.737. The molecule has 0 radical (unpaired) electrons. The van der Waals surface area contributed by atoms with E-state index < -0.39 is 5.97 Å². The van der Waals surface area contributed by atoms with Gasteiger partial charge in [-0.25, -0.2) is 0 Å². The predicted molar refractivity (Wildman–Crippen MR) is 98.1 cm³/mol. The molecular formula is C18H33NO4S. The van der Waals surface area contributed by atoms with Gasteiger partial charge in [0, 0.05) is 13.0 Å². The summed E-state index contributed by atoms with van der Waals surface area (Å²) in [4.78, 5) is 24.4. The Balaban J connectivity index is 2.19. The van der Waals surface area contributed by atoms with Crippen molar-refractivity contribution in [1.82, 2.24) is 4.90 Å². The Bertz CT molecular complexity index is 378. The van der Waals surface area contributed by atoms with Gasteiger partial charge in [0.15, 0.2) is 0 Å². The molecule has 0 aliphatic carbocycles. The van der Waals surface area contributed by atoms with E-state index in [1.54, 1.807) is 11.8 Å². The Morgan fingerprint density at radius 1 is 1.21 bits per heavy atom. The maximum atomic E-state index is 12.0. The molecule has 0 aromatic heterocycles. The fourth-order valence-electron chi connectivity index (χ4n) is 3.03. The molecule has 1 unspecified atom stereocenters. The SMILES string of the molecule is CCCCC[C@@H](O)CCC1SCC(=O)N1CCCCCCC(=O)O. The van der Waals surface area contributed by atoms with E-state index in [4.69, 9.17) is 5.11 Å². The zero-order valence-electron chi connectivity index (χ0n) is 14.9. The second kappa shape index (κ2) is 12.6. The highest BCUT2D eigenvalue weighted by atomic mass is 32.2. The highest BCUT2D eigenvalue weighted by molar-refractivity contribution is 8.00. The predicted octanol–water partition coefficient (Wildman–Crippen LogP) is 3.64. The van der Waals surface area contributed by atoms with Crippen LogP contribution in [0.25, 0.3) is 0 Å². The number of amides is 1. The lowest BCUT2D eigenvalue weighted by molar-refractivity contribution is -0.137. The van der Waals surface area contributed by atoms with E-state index in [0.717, 1.165) is 51.5 Å². The lowest BCUT2D eigenvalue weighted by Crippen LogP contribution is -2.34. The Labute approximate surface area is 150 Å². The number of aliphatic carboxylic acids is 1. The molecule has 1 aliphatic heterocycles. The van der Waals surface area contributed by atoms with Gasteiger partial charge in [-0.05, 0) is 32.1 Å². The average molecular weight is 360 g/mol. The Hall–Kier alpha value is -0.750. The fraction of sp³-hybridized carbons (Fsp3) is 0.889. The van der Waals surface area contributed by atoms with Gasteiger partial charge in [-0.3, -0.25) is 9.59 Å². The van der Waals surface area contributed by atoms with Crippen molar-refractivity contribution in [3.05, 3.63) is 0 Å². The van der Waals surface area contributed by atoms with Crippen molar-refractivity contribution < 1.29 is 19.8 Å². The summed E-state index contributed by atoms with van der Waals surface area (Å²) in [6.45, 7) is 2.92. The van der Waals surface area contributed by atoms with Crippen LogP contribution >= 0.6 is 11.8 Å². The summed E-state index contributed by atoms with van der Waals surface area (Å²) in [5, 5.41) is 18.9. The molecule has 2 atom stereocenters. The van der Waals surface area contributed by atoms with Gasteiger partial charge in [-0.15, -0.1) is 11.8 Å². The monoisotopic (exact) mass is 359 g/mol. The topological polar surface area (TPSA) is 77.8 Å². The van der Waals surface area contributed by atoms with E-state index in [2.05, 4.69) is 6.92 Å². The molecule has 24 heavy (non-hydrogen) atoms. The highest BCUT2D eigenvalue weighted by Gasteiger charge is 2.31. The number of carboxylic acid groups (broad SMARTS) is 1. The summed E-state index contributed by atoms with van der Waals surface area (Å²) in [6, 6.07) is 0. The number of hydrogen-bond donors (Lipinski definition) is 2. The summed E-state index contributed by atoms with van der Waals surface area (Å²) in [7, 11) is 0. The van der Waals surface area contributed by atoms with Crippen LogP contribution in [0.4, 0.5) is 0 Å². The lowest BCUT2D eigenvalue weighted by atomic mass is 10.1. The molecule has 1 aliphatic rings. The normalized spacial score (nSPS) is 19.0. The van der Waals surface area contributed by atoms with Gasteiger partial charge in [0.25, 0.3) is 0 Å². The fourth-order valence-corrected chi connectivity index (χ4v) is 4.24. The van der Waals surface area contributed by atoms with Crippen molar-refractivity contribution in [3.63, 3.8) is 0 Å².